The SMILES string of the molecule is Cl.Cl.Cl.NC(=NO)c1ccc(N2CCC(N3CCOCC3)CC2)cc1. The van der Waals surface area contributed by atoms with Crippen molar-refractivity contribution in [1.82, 2.24) is 4.90 Å². The van der Waals surface area contributed by atoms with Gasteiger partial charge in [0.05, 0.1) is 13.2 Å². The molecule has 0 saturated carbocycles. The first kappa shape index (κ1) is 24.1. The summed E-state index contributed by atoms with van der Waals surface area (Å²) in [5.41, 5.74) is 7.54. The summed E-state index contributed by atoms with van der Waals surface area (Å²) in [4.78, 5) is 4.98. The van der Waals surface area contributed by atoms with Crippen LogP contribution in [-0.2, 0) is 4.74 Å². The second-order valence-corrected chi connectivity index (χ2v) is 5.90. The van der Waals surface area contributed by atoms with Crippen LogP contribution in [-0.4, -0.2) is 61.4 Å². The van der Waals surface area contributed by atoms with Gasteiger partial charge < -0.3 is 20.6 Å². The van der Waals surface area contributed by atoms with Crippen molar-refractivity contribution in [3.8, 4) is 0 Å². The maximum absolute atomic E-state index is 8.70. The Kier molecular flexibility index (Phi) is 11.2. The monoisotopic (exact) mass is 412 g/mol. The van der Waals surface area contributed by atoms with E-state index in [1.807, 2.05) is 24.3 Å². The molecular weight excluding hydrogens is 387 g/mol. The molecule has 0 aliphatic carbocycles. The van der Waals surface area contributed by atoms with E-state index < -0.39 is 0 Å². The third-order valence-electron chi connectivity index (χ3n) is 4.66. The van der Waals surface area contributed by atoms with E-state index in [1.165, 1.54) is 18.5 Å². The van der Waals surface area contributed by atoms with Gasteiger partial charge in [0.2, 0.25) is 0 Å². The molecule has 3 N–H and O–H groups in total. The van der Waals surface area contributed by atoms with Crippen molar-refractivity contribution < 1.29 is 9.94 Å². The van der Waals surface area contributed by atoms with Crippen LogP contribution in [0.3, 0.4) is 0 Å². The summed E-state index contributed by atoms with van der Waals surface area (Å²) in [5.74, 6) is 0.151. The van der Waals surface area contributed by atoms with Crippen LogP contribution in [0.1, 0.15) is 18.4 Å². The van der Waals surface area contributed by atoms with Gasteiger partial charge in [-0.3, -0.25) is 4.90 Å². The van der Waals surface area contributed by atoms with Crippen molar-refractivity contribution in [2.45, 2.75) is 18.9 Å². The molecule has 2 heterocycles. The second kappa shape index (κ2) is 11.6. The molecule has 0 amide bonds. The quantitative estimate of drug-likeness (QED) is 0.344. The number of halogens is 3. The highest BCUT2D eigenvalue weighted by Gasteiger charge is 2.25. The van der Waals surface area contributed by atoms with E-state index in [0.29, 0.717) is 6.04 Å². The number of anilines is 1. The molecule has 0 spiro atoms. The molecule has 3 rings (SSSR count). The fraction of sp³-hybridized carbons (Fsp3) is 0.562. The Hall–Kier alpha value is -0.920. The lowest BCUT2D eigenvalue weighted by molar-refractivity contribution is 0.0115. The number of rotatable bonds is 3. The number of amidine groups is 1. The molecule has 2 aliphatic rings. The topological polar surface area (TPSA) is 74.3 Å². The Morgan fingerprint density at radius 2 is 1.56 bits per heavy atom. The molecule has 2 aliphatic heterocycles. The average molecular weight is 414 g/mol. The molecule has 0 atom stereocenters. The number of morpholine rings is 1. The van der Waals surface area contributed by atoms with E-state index in [2.05, 4.69) is 15.0 Å². The highest BCUT2D eigenvalue weighted by molar-refractivity contribution is 5.97. The summed E-state index contributed by atoms with van der Waals surface area (Å²) in [6, 6.07) is 8.58. The van der Waals surface area contributed by atoms with Crippen molar-refractivity contribution in [3.63, 3.8) is 0 Å². The summed E-state index contributed by atoms with van der Waals surface area (Å²) < 4.78 is 5.43. The van der Waals surface area contributed by atoms with Crippen LogP contribution in [0.4, 0.5) is 5.69 Å². The van der Waals surface area contributed by atoms with Crippen molar-refractivity contribution in [1.29, 1.82) is 0 Å². The molecule has 25 heavy (non-hydrogen) atoms. The van der Waals surface area contributed by atoms with E-state index in [4.69, 9.17) is 15.7 Å². The lowest BCUT2D eigenvalue weighted by Crippen LogP contribution is -2.49. The maximum atomic E-state index is 8.70. The Morgan fingerprint density at radius 3 is 2.08 bits per heavy atom. The number of hydrogen-bond acceptors (Lipinski definition) is 5. The first-order valence-electron chi connectivity index (χ1n) is 7.92. The van der Waals surface area contributed by atoms with Gasteiger partial charge >= 0.3 is 0 Å². The number of oxime groups is 1. The summed E-state index contributed by atoms with van der Waals surface area (Å²) in [6.45, 7) is 6.03. The predicted molar refractivity (Wildman–Crippen MR) is 108 cm³/mol. The first-order valence-corrected chi connectivity index (χ1v) is 7.92. The second-order valence-electron chi connectivity index (χ2n) is 5.90. The highest BCUT2D eigenvalue weighted by atomic mass is 35.5. The smallest absolute Gasteiger partial charge is 0.170 e. The van der Waals surface area contributed by atoms with Crippen molar-refractivity contribution >= 4 is 48.7 Å². The van der Waals surface area contributed by atoms with Crippen molar-refractivity contribution in [3.05, 3.63) is 29.8 Å². The standard InChI is InChI=1S/C16H24N4O2.3ClH/c17-16(18-21)13-1-3-14(4-2-13)19-7-5-15(6-8-19)20-9-11-22-12-10-20;;;/h1-4,15,21H,5-12H2,(H2,17,18);3*1H. The van der Waals surface area contributed by atoms with Crippen LogP contribution >= 0.6 is 37.2 Å². The van der Waals surface area contributed by atoms with Gasteiger partial charge in [0.1, 0.15) is 0 Å². The third kappa shape index (κ3) is 6.08. The van der Waals surface area contributed by atoms with Crippen LogP contribution in [0.2, 0.25) is 0 Å². The third-order valence-corrected chi connectivity index (χ3v) is 4.66. The molecule has 2 saturated heterocycles. The molecule has 0 bridgehead atoms. The molecular formula is C16H27Cl3N4O2. The Labute approximate surface area is 167 Å². The van der Waals surface area contributed by atoms with Crippen LogP contribution in [0, 0.1) is 0 Å². The van der Waals surface area contributed by atoms with Gasteiger partial charge in [-0.2, -0.15) is 0 Å². The molecule has 1 aromatic rings. The Bertz CT molecular complexity index is 517. The highest BCUT2D eigenvalue weighted by Crippen LogP contribution is 2.23. The maximum Gasteiger partial charge on any atom is 0.170 e. The molecule has 0 unspecified atom stereocenters. The van der Waals surface area contributed by atoms with Crippen molar-refractivity contribution in [2.24, 2.45) is 10.9 Å². The van der Waals surface area contributed by atoms with Gasteiger partial charge in [-0.1, -0.05) is 5.16 Å². The zero-order chi connectivity index (χ0) is 15.4. The fourth-order valence-corrected chi connectivity index (χ4v) is 3.33. The summed E-state index contributed by atoms with van der Waals surface area (Å²) >= 11 is 0. The van der Waals surface area contributed by atoms with Gasteiger partial charge in [-0.25, -0.2) is 0 Å². The minimum Gasteiger partial charge on any atom is -0.409 e. The van der Waals surface area contributed by atoms with E-state index in [9.17, 15) is 0 Å². The van der Waals surface area contributed by atoms with E-state index in [0.717, 1.165) is 45.0 Å². The fourth-order valence-electron chi connectivity index (χ4n) is 3.33. The van der Waals surface area contributed by atoms with Gasteiger partial charge in [-0.15, -0.1) is 37.2 Å². The number of ether oxygens (including phenoxy) is 1. The van der Waals surface area contributed by atoms with Crippen LogP contribution < -0.4 is 10.6 Å². The summed E-state index contributed by atoms with van der Waals surface area (Å²) in [6.07, 6.45) is 2.39. The first-order chi connectivity index (χ1) is 10.8. The molecule has 9 heteroatoms. The van der Waals surface area contributed by atoms with Crippen LogP contribution in [0.15, 0.2) is 29.4 Å². The molecule has 1 aromatic carbocycles. The Balaban J connectivity index is 0.00000192. The van der Waals surface area contributed by atoms with Gasteiger partial charge in [0, 0.05) is 43.5 Å². The molecule has 0 radical (unpaired) electrons. The van der Waals surface area contributed by atoms with Crippen LogP contribution in [0.5, 0.6) is 0 Å². The Morgan fingerprint density at radius 1 is 1.00 bits per heavy atom. The van der Waals surface area contributed by atoms with Crippen molar-refractivity contribution in [2.75, 3.05) is 44.3 Å². The van der Waals surface area contributed by atoms with Gasteiger partial charge in [-0.05, 0) is 37.1 Å². The molecule has 6 nitrogen and oxygen atoms in total. The van der Waals surface area contributed by atoms with E-state index in [1.54, 1.807) is 0 Å². The average Bonchev–Trinajstić information content (AvgIpc) is 2.62. The number of hydrogen-bond donors (Lipinski definition) is 2. The number of piperidine rings is 1. The minimum atomic E-state index is 0. The molecule has 2 fully saturated rings. The summed E-state index contributed by atoms with van der Waals surface area (Å²) in [5, 5.41) is 11.7. The normalized spacial score (nSPS) is 19.4. The zero-order valence-electron chi connectivity index (χ0n) is 14.0. The lowest BCUT2D eigenvalue weighted by atomic mass is 10.0. The largest absolute Gasteiger partial charge is 0.409 e. The van der Waals surface area contributed by atoms with Crippen LogP contribution in [0.25, 0.3) is 0 Å². The number of nitrogens with zero attached hydrogens (tertiary/aromatic N) is 3. The minimum absolute atomic E-state index is 0. The van der Waals surface area contributed by atoms with E-state index >= 15 is 0 Å². The van der Waals surface area contributed by atoms with Gasteiger partial charge in [0.15, 0.2) is 5.84 Å². The predicted octanol–water partition coefficient (Wildman–Crippen LogP) is 2.35. The number of nitrogens with two attached hydrogens (primary N) is 1. The molecule has 0 aromatic heterocycles. The summed E-state index contributed by atoms with van der Waals surface area (Å²) in [7, 11) is 0. The number of benzene rings is 1. The van der Waals surface area contributed by atoms with Gasteiger partial charge in [0.25, 0.3) is 0 Å². The zero-order valence-corrected chi connectivity index (χ0v) is 16.5. The molecule has 144 valence electrons. The van der Waals surface area contributed by atoms with E-state index in [-0.39, 0.29) is 43.1 Å². The lowest BCUT2D eigenvalue weighted by Gasteiger charge is -2.40.